The molecule has 1 amide bonds. The van der Waals surface area contributed by atoms with Crippen molar-refractivity contribution in [1.82, 2.24) is 9.97 Å². The number of H-pyrrole nitrogens is 1. The van der Waals surface area contributed by atoms with Gasteiger partial charge in [0.1, 0.15) is 0 Å². The van der Waals surface area contributed by atoms with E-state index in [1.165, 1.54) is 11.3 Å². The quantitative estimate of drug-likeness (QED) is 0.791. The summed E-state index contributed by atoms with van der Waals surface area (Å²) in [6.07, 6.45) is 7.36. The van der Waals surface area contributed by atoms with Gasteiger partial charge in [0.25, 0.3) is 0 Å². The van der Waals surface area contributed by atoms with Crippen LogP contribution in [0.3, 0.4) is 0 Å². The van der Waals surface area contributed by atoms with Crippen molar-refractivity contribution in [1.29, 1.82) is 0 Å². The van der Waals surface area contributed by atoms with Gasteiger partial charge >= 0.3 is 0 Å². The highest BCUT2D eigenvalue weighted by Gasteiger charge is 2.23. The number of hydrogen-bond donors (Lipinski definition) is 2. The number of aromatic nitrogens is 2. The van der Waals surface area contributed by atoms with E-state index in [0.29, 0.717) is 6.42 Å². The fourth-order valence-electron chi connectivity index (χ4n) is 3.12. The third kappa shape index (κ3) is 3.99. The third-order valence-corrected chi connectivity index (χ3v) is 5.28. The van der Waals surface area contributed by atoms with Gasteiger partial charge in [0.2, 0.25) is 5.91 Å². The van der Waals surface area contributed by atoms with E-state index in [4.69, 9.17) is 5.73 Å². The zero-order valence-electron chi connectivity index (χ0n) is 14.7. The van der Waals surface area contributed by atoms with E-state index < -0.39 is 6.04 Å². The SMILES string of the molecule is CSCC[C@H](N)C(=O)N(C)c1ccc2c(c1)N(Cc1c[nH]cn1)CC2. The maximum Gasteiger partial charge on any atom is 0.243 e. The fraction of sp³-hybridized carbons (Fsp3) is 0.444. The van der Waals surface area contributed by atoms with E-state index in [-0.39, 0.29) is 5.91 Å². The van der Waals surface area contributed by atoms with Gasteiger partial charge < -0.3 is 20.5 Å². The number of carbonyl (C=O) groups is 1. The van der Waals surface area contributed by atoms with Crippen LogP contribution < -0.4 is 15.5 Å². The van der Waals surface area contributed by atoms with E-state index >= 15 is 0 Å². The Kier molecular flexibility index (Phi) is 5.65. The van der Waals surface area contributed by atoms with Gasteiger partial charge in [-0.25, -0.2) is 4.98 Å². The molecule has 0 aliphatic carbocycles. The number of hydrogen-bond acceptors (Lipinski definition) is 5. The highest BCUT2D eigenvalue weighted by Crippen LogP contribution is 2.33. The molecule has 1 atom stereocenters. The monoisotopic (exact) mass is 359 g/mol. The molecule has 1 aromatic carbocycles. The molecule has 3 rings (SSSR count). The van der Waals surface area contributed by atoms with Gasteiger partial charge in [-0.1, -0.05) is 6.07 Å². The number of nitrogens with one attached hydrogen (secondary N) is 1. The lowest BCUT2D eigenvalue weighted by Gasteiger charge is -2.24. The highest BCUT2D eigenvalue weighted by molar-refractivity contribution is 7.98. The number of likely N-dealkylation sites (N-methyl/N-ethyl adjacent to an activating group) is 1. The van der Waals surface area contributed by atoms with Crippen LogP contribution in [0.1, 0.15) is 17.7 Å². The van der Waals surface area contributed by atoms with Crippen molar-refractivity contribution in [3.05, 3.63) is 42.0 Å². The Bertz CT molecular complexity index is 718. The minimum absolute atomic E-state index is 0.0363. The Balaban J connectivity index is 1.74. The highest BCUT2D eigenvalue weighted by atomic mass is 32.2. The fourth-order valence-corrected chi connectivity index (χ4v) is 3.61. The third-order valence-electron chi connectivity index (χ3n) is 4.64. The van der Waals surface area contributed by atoms with E-state index in [0.717, 1.165) is 36.6 Å². The van der Waals surface area contributed by atoms with Crippen LogP contribution in [0, 0.1) is 0 Å². The van der Waals surface area contributed by atoms with Crippen molar-refractivity contribution >= 4 is 29.0 Å². The molecule has 1 aliphatic heterocycles. The molecular weight excluding hydrogens is 334 g/mol. The standard InChI is InChI=1S/C18H25N5OS/c1-22(18(24)16(19)6-8-25-2)15-4-3-13-5-7-23(17(13)9-15)11-14-10-20-12-21-14/h3-4,9-10,12,16H,5-8,11,19H2,1-2H3,(H,20,21)/t16-/m0/s1. The second-order valence-corrected chi connectivity index (χ2v) is 7.32. The van der Waals surface area contributed by atoms with Crippen LogP contribution in [0.5, 0.6) is 0 Å². The topological polar surface area (TPSA) is 78.3 Å². The maximum absolute atomic E-state index is 12.6. The Morgan fingerprint density at radius 3 is 3.08 bits per heavy atom. The largest absolute Gasteiger partial charge is 0.365 e. The molecule has 25 heavy (non-hydrogen) atoms. The van der Waals surface area contributed by atoms with Gasteiger partial charge in [0.05, 0.1) is 24.6 Å². The van der Waals surface area contributed by atoms with E-state index in [9.17, 15) is 4.79 Å². The van der Waals surface area contributed by atoms with Gasteiger partial charge in [0, 0.05) is 31.2 Å². The van der Waals surface area contributed by atoms with Gasteiger partial charge in [-0.2, -0.15) is 11.8 Å². The number of nitrogens with two attached hydrogens (primary N) is 1. The number of benzene rings is 1. The summed E-state index contributed by atoms with van der Waals surface area (Å²) < 4.78 is 0. The van der Waals surface area contributed by atoms with E-state index in [1.807, 2.05) is 18.5 Å². The van der Waals surface area contributed by atoms with Crippen LogP contribution in [-0.4, -0.2) is 47.5 Å². The summed E-state index contributed by atoms with van der Waals surface area (Å²) in [4.78, 5) is 23.8. The average Bonchev–Trinajstić information content (AvgIpc) is 3.28. The van der Waals surface area contributed by atoms with Crippen LogP contribution in [-0.2, 0) is 17.8 Å². The lowest BCUT2D eigenvalue weighted by Crippen LogP contribution is -2.42. The minimum Gasteiger partial charge on any atom is -0.365 e. The van der Waals surface area contributed by atoms with Crippen LogP contribution >= 0.6 is 11.8 Å². The van der Waals surface area contributed by atoms with E-state index in [1.54, 1.807) is 30.0 Å². The number of fused-ring (bicyclic) bond motifs is 1. The lowest BCUT2D eigenvalue weighted by molar-refractivity contribution is -0.119. The van der Waals surface area contributed by atoms with Crippen molar-refractivity contribution < 1.29 is 4.79 Å². The van der Waals surface area contributed by atoms with Gasteiger partial charge in [-0.3, -0.25) is 4.79 Å². The van der Waals surface area contributed by atoms with Crippen molar-refractivity contribution in [2.75, 3.05) is 35.4 Å². The Morgan fingerprint density at radius 2 is 2.36 bits per heavy atom. The average molecular weight is 359 g/mol. The van der Waals surface area contributed by atoms with Crippen molar-refractivity contribution in [2.45, 2.75) is 25.4 Å². The van der Waals surface area contributed by atoms with Crippen molar-refractivity contribution in [2.24, 2.45) is 5.73 Å². The molecule has 3 N–H and O–H groups in total. The van der Waals surface area contributed by atoms with Gasteiger partial charge in [-0.15, -0.1) is 0 Å². The van der Waals surface area contributed by atoms with Gasteiger partial charge in [0.15, 0.2) is 0 Å². The molecule has 0 unspecified atom stereocenters. The molecule has 0 radical (unpaired) electrons. The number of thioether (sulfide) groups is 1. The molecule has 7 heteroatoms. The number of amides is 1. The summed E-state index contributed by atoms with van der Waals surface area (Å²) in [6.45, 7) is 1.74. The molecular formula is C18H25N5OS. The number of rotatable bonds is 7. The maximum atomic E-state index is 12.6. The zero-order chi connectivity index (χ0) is 17.8. The summed E-state index contributed by atoms with van der Waals surface area (Å²) in [5, 5.41) is 0. The van der Waals surface area contributed by atoms with Crippen LogP contribution in [0.15, 0.2) is 30.7 Å². The van der Waals surface area contributed by atoms with Crippen molar-refractivity contribution in [3.63, 3.8) is 0 Å². The minimum atomic E-state index is -0.453. The van der Waals surface area contributed by atoms with Crippen LogP contribution in [0.4, 0.5) is 11.4 Å². The lowest BCUT2D eigenvalue weighted by atomic mass is 10.1. The summed E-state index contributed by atoms with van der Waals surface area (Å²) in [7, 11) is 1.80. The summed E-state index contributed by atoms with van der Waals surface area (Å²) >= 11 is 1.71. The molecule has 6 nitrogen and oxygen atoms in total. The van der Waals surface area contributed by atoms with Crippen molar-refractivity contribution in [3.8, 4) is 0 Å². The number of carbonyl (C=O) groups excluding carboxylic acids is 1. The molecule has 0 saturated carbocycles. The predicted molar refractivity (Wildman–Crippen MR) is 104 cm³/mol. The first-order valence-corrected chi connectivity index (χ1v) is 9.87. The predicted octanol–water partition coefficient (Wildman–Crippen LogP) is 2.02. The molecule has 0 bridgehead atoms. The Labute approximate surface area is 152 Å². The second kappa shape index (κ2) is 7.93. The molecule has 0 fully saturated rings. The van der Waals surface area contributed by atoms with Crippen LogP contribution in [0.25, 0.3) is 0 Å². The normalized spacial score (nSPS) is 14.4. The van der Waals surface area contributed by atoms with Crippen LogP contribution in [0.2, 0.25) is 0 Å². The number of aromatic amines is 1. The zero-order valence-corrected chi connectivity index (χ0v) is 15.6. The molecule has 0 saturated heterocycles. The first kappa shape index (κ1) is 17.8. The molecule has 1 aromatic heterocycles. The van der Waals surface area contributed by atoms with Gasteiger partial charge in [-0.05, 0) is 42.5 Å². The van der Waals surface area contributed by atoms with E-state index in [2.05, 4.69) is 27.0 Å². The summed E-state index contributed by atoms with van der Waals surface area (Å²) in [5.41, 5.74) is 10.4. The molecule has 2 aromatic rings. The molecule has 2 heterocycles. The summed E-state index contributed by atoms with van der Waals surface area (Å²) in [6, 6.07) is 5.77. The summed E-state index contributed by atoms with van der Waals surface area (Å²) in [5.74, 6) is 0.855. The number of anilines is 2. The second-order valence-electron chi connectivity index (χ2n) is 6.33. The number of nitrogens with zero attached hydrogens (tertiary/aromatic N) is 3. The first-order valence-electron chi connectivity index (χ1n) is 8.47. The Hall–Kier alpha value is -1.99. The Morgan fingerprint density at radius 1 is 1.52 bits per heavy atom. The molecule has 1 aliphatic rings. The smallest absolute Gasteiger partial charge is 0.243 e. The molecule has 0 spiro atoms. The molecule has 134 valence electrons. The first-order chi connectivity index (χ1) is 12.1. The number of imidazole rings is 1.